The highest BCUT2D eigenvalue weighted by molar-refractivity contribution is 6.32. The molecule has 0 radical (unpaired) electrons. The van der Waals surface area contributed by atoms with Gasteiger partial charge in [-0.05, 0) is 48.0 Å². The number of piperazine rings is 1. The van der Waals surface area contributed by atoms with E-state index in [0.717, 1.165) is 43.9 Å². The van der Waals surface area contributed by atoms with E-state index in [-0.39, 0.29) is 16.2 Å². The lowest BCUT2D eigenvalue weighted by Crippen LogP contribution is -2.46. The van der Waals surface area contributed by atoms with Crippen LogP contribution in [0.25, 0.3) is 22.1 Å². The predicted octanol–water partition coefficient (Wildman–Crippen LogP) is 7.68. The molecule has 3 aromatic carbocycles. The van der Waals surface area contributed by atoms with Gasteiger partial charge in [0.15, 0.2) is 0 Å². The number of fused-ring (bicyclic) bond motifs is 1. The van der Waals surface area contributed by atoms with Crippen LogP contribution in [0.2, 0.25) is 10.0 Å². The summed E-state index contributed by atoms with van der Waals surface area (Å²) in [7, 11) is 0. The molecule has 7 nitrogen and oxygen atoms in total. The van der Waals surface area contributed by atoms with E-state index in [9.17, 15) is 22.8 Å². The first kappa shape index (κ1) is 31.6. The van der Waals surface area contributed by atoms with Crippen LogP contribution < -0.4 is 15.8 Å². The molecule has 2 aromatic heterocycles. The number of nitrogens with zero attached hydrogens (tertiary/aromatic N) is 3. The van der Waals surface area contributed by atoms with Gasteiger partial charge in [0.05, 0.1) is 23.2 Å². The minimum Gasteiger partial charge on any atom is -0.422 e. The number of nitrogens with one attached hydrogen (secondary N) is 1. The second kappa shape index (κ2) is 13.2. The Balaban J connectivity index is 1.33. The van der Waals surface area contributed by atoms with Crippen molar-refractivity contribution in [3.63, 3.8) is 0 Å². The first-order valence-electron chi connectivity index (χ1n) is 14.4. The number of alkyl halides is 3. The van der Waals surface area contributed by atoms with Crippen molar-refractivity contribution in [3.05, 3.63) is 122 Å². The van der Waals surface area contributed by atoms with Crippen LogP contribution in [0.15, 0.2) is 94.4 Å². The van der Waals surface area contributed by atoms with Crippen molar-refractivity contribution in [2.75, 3.05) is 36.4 Å². The average molecular weight is 668 g/mol. The quantitative estimate of drug-likeness (QED) is 0.180. The highest BCUT2D eigenvalue weighted by atomic mass is 35.5. The lowest BCUT2D eigenvalue weighted by atomic mass is 9.95. The summed E-state index contributed by atoms with van der Waals surface area (Å²) in [5, 5.41) is 3.11. The number of rotatable bonds is 7. The number of para-hydroxylation sites is 1. The van der Waals surface area contributed by atoms with Crippen molar-refractivity contribution in [1.82, 2.24) is 9.88 Å². The highest BCUT2D eigenvalue weighted by Crippen LogP contribution is 2.37. The van der Waals surface area contributed by atoms with E-state index in [2.05, 4.69) is 32.2 Å². The SMILES string of the molecule is O=C(Cc1c(-c2cccnc2)c2cc(CN3CCN(c4ccccc4)CC3)c(Cl)cc2oc1=O)Nc1ccc(Cl)cc1C(F)(F)F. The molecule has 0 saturated carbocycles. The molecule has 0 atom stereocenters. The van der Waals surface area contributed by atoms with Crippen LogP contribution in [0.3, 0.4) is 0 Å². The minimum absolute atomic E-state index is 0.0229. The molecule has 1 amide bonds. The van der Waals surface area contributed by atoms with Gasteiger partial charge in [-0.15, -0.1) is 0 Å². The predicted molar refractivity (Wildman–Crippen MR) is 173 cm³/mol. The summed E-state index contributed by atoms with van der Waals surface area (Å²) < 4.78 is 46.6. The van der Waals surface area contributed by atoms with Gasteiger partial charge in [0.1, 0.15) is 5.58 Å². The normalized spacial score (nSPS) is 14.1. The molecule has 0 aliphatic carbocycles. The Labute approximate surface area is 272 Å². The summed E-state index contributed by atoms with van der Waals surface area (Å²) in [6.45, 7) is 3.83. The average Bonchev–Trinajstić information content (AvgIpc) is 3.04. The monoisotopic (exact) mass is 666 g/mol. The van der Waals surface area contributed by atoms with Gasteiger partial charge >= 0.3 is 11.8 Å². The molecule has 12 heteroatoms. The highest BCUT2D eigenvalue weighted by Gasteiger charge is 2.34. The van der Waals surface area contributed by atoms with Crippen LogP contribution in [0.5, 0.6) is 0 Å². The Bertz CT molecular complexity index is 1950. The zero-order chi connectivity index (χ0) is 32.4. The minimum atomic E-state index is -4.76. The van der Waals surface area contributed by atoms with Gasteiger partial charge in [-0.3, -0.25) is 14.7 Å². The second-order valence-electron chi connectivity index (χ2n) is 10.9. The van der Waals surface area contributed by atoms with Crippen LogP contribution in [0, 0.1) is 0 Å². The van der Waals surface area contributed by atoms with Crippen molar-refractivity contribution < 1.29 is 22.4 Å². The van der Waals surface area contributed by atoms with Crippen molar-refractivity contribution in [2.24, 2.45) is 0 Å². The fourth-order valence-corrected chi connectivity index (χ4v) is 6.07. The molecule has 1 aliphatic rings. The summed E-state index contributed by atoms with van der Waals surface area (Å²) in [6.07, 6.45) is -2.20. The molecule has 1 fully saturated rings. The summed E-state index contributed by atoms with van der Waals surface area (Å²) in [5.41, 5.74) is 0.708. The summed E-state index contributed by atoms with van der Waals surface area (Å²) in [6, 6.07) is 20.1. The van der Waals surface area contributed by atoms with Crippen molar-refractivity contribution in [3.8, 4) is 11.1 Å². The maximum absolute atomic E-state index is 13.7. The molecule has 0 bridgehead atoms. The molecular weight excluding hydrogens is 640 g/mol. The maximum atomic E-state index is 13.7. The van der Waals surface area contributed by atoms with Crippen molar-refractivity contribution >= 4 is 51.5 Å². The zero-order valence-electron chi connectivity index (χ0n) is 24.3. The largest absolute Gasteiger partial charge is 0.422 e. The standard InChI is InChI=1S/C34H27Cl2F3N4O3/c35-23-8-9-29(27(16-23)34(37,38)39)41-31(44)17-26-32(21-5-4-10-40-19-21)25-15-22(28(36)18-30(25)46-33(26)45)20-42-11-13-43(14-12-42)24-6-2-1-3-7-24/h1-10,15-16,18-19H,11-14,17,20H2,(H,41,44). The van der Waals surface area contributed by atoms with Gasteiger partial charge in [0.25, 0.3) is 0 Å². The van der Waals surface area contributed by atoms with Crippen molar-refractivity contribution in [1.29, 1.82) is 0 Å². The summed E-state index contributed by atoms with van der Waals surface area (Å²) in [4.78, 5) is 35.3. The first-order chi connectivity index (χ1) is 22.1. The third kappa shape index (κ3) is 6.89. The first-order valence-corrected chi connectivity index (χ1v) is 15.2. The van der Waals surface area contributed by atoms with Crippen LogP contribution in [0.4, 0.5) is 24.5 Å². The third-order valence-electron chi connectivity index (χ3n) is 7.91. The number of benzene rings is 3. The molecule has 6 rings (SSSR count). The van der Waals surface area contributed by atoms with Crippen LogP contribution in [-0.4, -0.2) is 42.0 Å². The van der Waals surface area contributed by atoms with E-state index >= 15 is 0 Å². The molecule has 1 N–H and O–H groups in total. The van der Waals surface area contributed by atoms with E-state index in [4.69, 9.17) is 27.6 Å². The number of hydrogen-bond donors (Lipinski definition) is 1. The molecule has 236 valence electrons. The Morgan fingerprint density at radius 2 is 1.72 bits per heavy atom. The van der Waals surface area contributed by atoms with Crippen LogP contribution >= 0.6 is 23.2 Å². The lowest BCUT2D eigenvalue weighted by molar-refractivity contribution is -0.137. The van der Waals surface area contributed by atoms with Crippen LogP contribution in [0.1, 0.15) is 16.7 Å². The van der Waals surface area contributed by atoms with Gasteiger partial charge in [-0.25, -0.2) is 4.79 Å². The Morgan fingerprint density at radius 3 is 2.41 bits per heavy atom. The number of carbonyl (C=O) groups is 1. The topological polar surface area (TPSA) is 78.7 Å². The number of aromatic nitrogens is 1. The molecule has 0 unspecified atom stereocenters. The number of hydrogen-bond acceptors (Lipinski definition) is 6. The maximum Gasteiger partial charge on any atom is 0.418 e. The number of halogens is 5. The molecule has 3 heterocycles. The fraction of sp³-hybridized carbons (Fsp3) is 0.206. The zero-order valence-corrected chi connectivity index (χ0v) is 25.8. The molecule has 5 aromatic rings. The number of amides is 1. The van der Waals surface area contributed by atoms with Crippen molar-refractivity contribution in [2.45, 2.75) is 19.1 Å². The van der Waals surface area contributed by atoms with E-state index in [1.807, 2.05) is 24.3 Å². The Hall–Kier alpha value is -4.38. The second-order valence-corrected chi connectivity index (χ2v) is 11.8. The van der Waals surface area contributed by atoms with E-state index in [1.54, 1.807) is 30.6 Å². The fourth-order valence-electron chi connectivity index (χ4n) is 5.69. The third-order valence-corrected chi connectivity index (χ3v) is 8.49. The van der Waals surface area contributed by atoms with Gasteiger partial charge in [0.2, 0.25) is 5.91 Å². The molecular formula is C34H27Cl2F3N4O3. The molecule has 0 spiro atoms. The van der Waals surface area contributed by atoms with Gasteiger partial charge in [-0.2, -0.15) is 13.2 Å². The molecule has 46 heavy (non-hydrogen) atoms. The summed E-state index contributed by atoms with van der Waals surface area (Å²) in [5.74, 6) is -0.838. The van der Waals surface area contributed by atoms with E-state index in [1.165, 1.54) is 11.8 Å². The lowest BCUT2D eigenvalue weighted by Gasteiger charge is -2.36. The smallest absolute Gasteiger partial charge is 0.418 e. The number of anilines is 2. The van der Waals surface area contributed by atoms with Gasteiger partial charge < -0.3 is 14.6 Å². The molecule has 1 saturated heterocycles. The van der Waals surface area contributed by atoms with Gasteiger partial charge in [0, 0.05) is 83.4 Å². The van der Waals surface area contributed by atoms with Gasteiger partial charge in [-0.1, -0.05) is 47.5 Å². The number of carbonyl (C=O) groups excluding carboxylic acids is 1. The van der Waals surface area contributed by atoms with E-state index in [0.29, 0.717) is 28.1 Å². The van der Waals surface area contributed by atoms with Crippen LogP contribution in [-0.2, 0) is 23.9 Å². The van der Waals surface area contributed by atoms with E-state index < -0.39 is 35.4 Å². The summed E-state index contributed by atoms with van der Waals surface area (Å²) >= 11 is 12.5. The Morgan fingerprint density at radius 1 is 0.957 bits per heavy atom. The Kier molecular flexibility index (Phi) is 9.04. The molecule has 1 aliphatic heterocycles. The number of pyridine rings is 1.